The molecule has 3 rings (SSSR count). The largest absolute Gasteiger partial charge is 0.488 e. The fourth-order valence-corrected chi connectivity index (χ4v) is 3.45. The van der Waals surface area contributed by atoms with Crippen molar-refractivity contribution in [2.24, 2.45) is 5.92 Å². The van der Waals surface area contributed by atoms with Gasteiger partial charge in [0.05, 0.1) is 25.1 Å². The highest BCUT2D eigenvalue weighted by Crippen LogP contribution is 2.40. The van der Waals surface area contributed by atoms with Crippen LogP contribution in [0.15, 0.2) is 23.1 Å². The van der Waals surface area contributed by atoms with E-state index >= 15 is 0 Å². The topological polar surface area (TPSA) is 111 Å². The first-order chi connectivity index (χ1) is 13.4. The van der Waals surface area contributed by atoms with E-state index in [9.17, 15) is 14.7 Å². The monoisotopic (exact) mass is 388 g/mol. The van der Waals surface area contributed by atoms with Crippen LogP contribution in [0.5, 0.6) is 11.6 Å². The fraction of sp³-hybridized carbons (Fsp3) is 0.450. The second-order valence-corrected chi connectivity index (χ2v) is 7.09. The number of carboxylic acids is 1. The van der Waals surface area contributed by atoms with E-state index in [1.165, 1.54) is 19.4 Å². The number of methoxy groups -OCH3 is 1. The van der Waals surface area contributed by atoms with Crippen LogP contribution in [0.1, 0.15) is 42.2 Å². The average Bonchev–Trinajstić information content (AvgIpc) is 2.66. The number of hydrogen-bond acceptors (Lipinski definition) is 6. The molecule has 0 fully saturated rings. The Labute approximate surface area is 162 Å². The van der Waals surface area contributed by atoms with Gasteiger partial charge in [-0.05, 0) is 24.0 Å². The van der Waals surface area contributed by atoms with Crippen LogP contribution in [-0.2, 0) is 6.42 Å². The molecular formula is C20H24N2O6. The third-order valence-corrected chi connectivity index (χ3v) is 4.90. The molecule has 0 aromatic carbocycles. The number of rotatable bonds is 7. The summed E-state index contributed by atoms with van der Waals surface area (Å²) in [5.74, 6) is -0.278. The fourth-order valence-electron chi connectivity index (χ4n) is 3.45. The van der Waals surface area contributed by atoms with E-state index in [2.05, 4.69) is 4.98 Å². The Balaban J connectivity index is 2.17. The van der Waals surface area contributed by atoms with Crippen LogP contribution in [-0.4, -0.2) is 46.1 Å². The van der Waals surface area contributed by atoms with Gasteiger partial charge in [-0.1, -0.05) is 13.8 Å². The van der Waals surface area contributed by atoms with Gasteiger partial charge in [0.15, 0.2) is 11.2 Å². The van der Waals surface area contributed by atoms with Gasteiger partial charge in [0.1, 0.15) is 5.56 Å². The third-order valence-electron chi connectivity index (χ3n) is 4.90. The van der Waals surface area contributed by atoms with Crippen molar-refractivity contribution in [3.05, 3.63) is 39.7 Å². The molecule has 1 aliphatic heterocycles. The average molecular weight is 388 g/mol. The van der Waals surface area contributed by atoms with Gasteiger partial charge in [0.25, 0.3) is 5.88 Å². The molecule has 150 valence electrons. The number of nitrogens with zero attached hydrogens (tertiary/aromatic N) is 2. The molecule has 0 saturated heterocycles. The maximum atomic E-state index is 12.3. The Morgan fingerprint density at radius 2 is 2.14 bits per heavy atom. The molecule has 2 aromatic rings. The number of fused-ring (bicyclic) bond motifs is 3. The first-order valence-corrected chi connectivity index (χ1v) is 9.18. The summed E-state index contributed by atoms with van der Waals surface area (Å²) in [6, 6.07) is 3.16. The normalized spacial score (nSPS) is 15.1. The van der Waals surface area contributed by atoms with E-state index in [1.807, 2.05) is 24.5 Å². The zero-order valence-corrected chi connectivity index (χ0v) is 16.1. The molecule has 28 heavy (non-hydrogen) atoms. The van der Waals surface area contributed by atoms with Gasteiger partial charge in [0, 0.05) is 31.3 Å². The summed E-state index contributed by atoms with van der Waals surface area (Å²) in [6.07, 6.45) is 2.52. The number of ether oxygens (including phenoxy) is 2. The number of hydrogen-bond donors (Lipinski definition) is 2. The number of carbonyl (C=O) groups is 1. The van der Waals surface area contributed by atoms with E-state index in [-0.39, 0.29) is 30.0 Å². The number of aliphatic hydroxyl groups excluding tert-OH is 1. The molecule has 1 atom stereocenters. The third kappa shape index (κ3) is 3.60. The first kappa shape index (κ1) is 19.9. The molecule has 8 nitrogen and oxygen atoms in total. The lowest BCUT2D eigenvalue weighted by Gasteiger charge is -2.33. The van der Waals surface area contributed by atoms with E-state index in [1.54, 1.807) is 0 Å². The summed E-state index contributed by atoms with van der Waals surface area (Å²) < 4.78 is 12.9. The van der Waals surface area contributed by atoms with Crippen LogP contribution < -0.4 is 14.9 Å². The van der Waals surface area contributed by atoms with Crippen molar-refractivity contribution in [2.45, 2.75) is 32.7 Å². The summed E-state index contributed by atoms with van der Waals surface area (Å²) in [5, 5.41) is 18.3. The molecule has 2 aromatic heterocycles. The van der Waals surface area contributed by atoms with Crippen molar-refractivity contribution >= 4 is 5.97 Å². The number of aromatic carboxylic acids is 1. The van der Waals surface area contributed by atoms with Gasteiger partial charge in [0.2, 0.25) is 0 Å². The Morgan fingerprint density at radius 3 is 2.75 bits per heavy atom. The molecule has 1 aliphatic rings. The molecule has 0 radical (unpaired) electrons. The van der Waals surface area contributed by atoms with Crippen LogP contribution >= 0.6 is 0 Å². The van der Waals surface area contributed by atoms with Gasteiger partial charge in [-0.3, -0.25) is 4.79 Å². The summed E-state index contributed by atoms with van der Waals surface area (Å²) in [5.41, 5.74) is 1.24. The second-order valence-electron chi connectivity index (χ2n) is 7.09. The highest BCUT2D eigenvalue weighted by atomic mass is 16.5. The lowest BCUT2D eigenvalue weighted by molar-refractivity contribution is 0.0694. The summed E-state index contributed by atoms with van der Waals surface area (Å²) in [6.45, 7) is 4.46. The highest BCUT2D eigenvalue weighted by Gasteiger charge is 2.30. The first-order valence-electron chi connectivity index (χ1n) is 9.18. The zero-order chi connectivity index (χ0) is 20.4. The van der Waals surface area contributed by atoms with Crippen molar-refractivity contribution < 1.29 is 24.5 Å². The lowest BCUT2D eigenvalue weighted by Crippen LogP contribution is -2.28. The minimum Gasteiger partial charge on any atom is -0.488 e. The number of pyridine rings is 2. The van der Waals surface area contributed by atoms with Crippen molar-refractivity contribution in [2.75, 3.05) is 20.3 Å². The van der Waals surface area contributed by atoms with E-state index in [0.29, 0.717) is 36.6 Å². The van der Waals surface area contributed by atoms with Crippen molar-refractivity contribution in [1.82, 2.24) is 9.55 Å². The molecule has 0 saturated carbocycles. The summed E-state index contributed by atoms with van der Waals surface area (Å²) in [4.78, 5) is 28.3. The molecular weight excluding hydrogens is 364 g/mol. The van der Waals surface area contributed by atoms with Crippen LogP contribution in [0.3, 0.4) is 0 Å². The number of aliphatic hydroxyl groups is 1. The summed E-state index contributed by atoms with van der Waals surface area (Å²) in [7, 11) is 1.48. The molecule has 3 heterocycles. The Bertz CT molecular complexity index is 950. The van der Waals surface area contributed by atoms with E-state index < -0.39 is 11.4 Å². The van der Waals surface area contributed by atoms with Gasteiger partial charge < -0.3 is 24.3 Å². The quantitative estimate of drug-likeness (QED) is 0.699. The van der Waals surface area contributed by atoms with Crippen LogP contribution in [0, 0.1) is 5.92 Å². The number of aromatic nitrogens is 2. The molecule has 0 bridgehead atoms. The maximum absolute atomic E-state index is 12.3. The molecule has 0 amide bonds. The second kappa shape index (κ2) is 8.02. The zero-order valence-electron chi connectivity index (χ0n) is 16.1. The minimum atomic E-state index is -1.24. The van der Waals surface area contributed by atoms with Crippen molar-refractivity contribution in [3.63, 3.8) is 0 Å². The van der Waals surface area contributed by atoms with Crippen molar-refractivity contribution in [3.8, 4) is 23.0 Å². The SMILES string of the molecule is COc1nc2c(cc1OCCCO)C[C@@H](C(C)C)n1cc(C(=O)O)c(=O)cc1-2. The molecule has 0 aliphatic carbocycles. The standard InChI is InChI=1S/C20H24N2O6/c1-11(2)14-7-12-8-17(28-6-4-5-23)19(27-3)21-18(12)15-9-16(24)13(20(25)26)10-22(14)15/h8-11,14,23H,4-7H2,1-3H3,(H,25,26)/t14-/m0/s1. The van der Waals surface area contributed by atoms with Gasteiger partial charge in [-0.15, -0.1) is 0 Å². The highest BCUT2D eigenvalue weighted by molar-refractivity contribution is 5.87. The predicted molar refractivity (Wildman–Crippen MR) is 102 cm³/mol. The molecule has 2 N–H and O–H groups in total. The van der Waals surface area contributed by atoms with Gasteiger partial charge >= 0.3 is 5.97 Å². The predicted octanol–water partition coefficient (Wildman–Crippen LogP) is 2.13. The lowest BCUT2D eigenvalue weighted by atomic mass is 9.89. The van der Waals surface area contributed by atoms with E-state index in [0.717, 1.165) is 5.56 Å². The maximum Gasteiger partial charge on any atom is 0.341 e. The van der Waals surface area contributed by atoms with Gasteiger partial charge in [-0.25, -0.2) is 9.78 Å². The summed E-state index contributed by atoms with van der Waals surface area (Å²) >= 11 is 0. The molecule has 0 unspecified atom stereocenters. The van der Waals surface area contributed by atoms with Crippen LogP contribution in [0.2, 0.25) is 0 Å². The number of carboxylic acid groups (broad SMARTS) is 1. The van der Waals surface area contributed by atoms with Crippen LogP contribution in [0.4, 0.5) is 0 Å². The van der Waals surface area contributed by atoms with Crippen LogP contribution in [0.25, 0.3) is 11.4 Å². The van der Waals surface area contributed by atoms with Gasteiger partial charge in [-0.2, -0.15) is 0 Å². The smallest absolute Gasteiger partial charge is 0.341 e. The minimum absolute atomic E-state index is 0.0261. The Kier molecular flexibility index (Phi) is 5.69. The Hall–Kier alpha value is -2.87. The molecule has 8 heteroatoms. The molecule has 0 spiro atoms. The van der Waals surface area contributed by atoms with E-state index in [4.69, 9.17) is 14.6 Å². The van der Waals surface area contributed by atoms with Crippen molar-refractivity contribution in [1.29, 1.82) is 0 Å². The Morgan fingerprint density at radius 1 is 1.39 bits per heavy atom.